The Morgan fingerprint density at radius 1 is 0.912 bits per heavy atom. The fourth-order valence-corrected chi connectivity index (χ4v) is 3.42. The van der Waals surface area contributed by atoms with Gasteiger partial charge in [0.05, 0.1) is 12.7 Å². The number of fused-ring (bicyclic) bond motifs is 1. The van der Waals surface area contributed by atoms with Crippen molar-refractivity contribution < 1.29 is 28.2 Å². The summed E-state index contributed by atoms with van der Waals surface area (Å²) >= 11 is 0. The fraction of sp³-hybridized carbons (Fsp3) is 0.185. The summed E-state index contributed by atoms with van der Waals surface area (Å²) in [5.74, 6) is 0.276. The van der Waals surface area contributed by atoms with Gasteiger partial charge in [-0.1, -0.05) is 48.5 Å². The molecule has 0 saturated heterocycles. The maximum Gasteiger partial charge on any atom is 0.375 e. The number of para-hydroxylation sites is 2. The number of methoxy groups -OCH3 is 1. The number of nitrogens with one attached hydrogen (secondary N) is 1. The minimum Gasteiger partial charge on any atom is -0.497 e. The molecule has 4 aromatic rings. The van der Waals surface area contributed by atoms with Crippen LogP contribution in [0.3, 0.4) is 0 Å². The Balaban J connectivity index is 1.43. The van der Waals surface area contributed by atoms with Crippen LogP contribution in [-0.4, -0.2) is 25.1 Å². The molecule has 1 atom stereocenters. The van der Waals surface area contributed by atoms with Crippen molar-refractivity contribution in [3.05, 3.63) is 95.7 Å². The number of hydrogen-bond donors (Lipinski definition) is 1. The Kier molecular flexibility index (Phi) is 7.13. The molecular formula is C27H25NO6. The van der Waals surface area contributed by atoms with Gasteiger partial charge in [0.1, 0.15) is 23.7 Å². The Morgan fingerprint density at radius 2 is 1.62 bits per heavy atom. The molecule has 7 nitrogen and oxygen atoms in total. The molecule has 0 aliphatic heterocycles. The zero-order valence-electron chi connectivity index (χ0n) is 18.9. The summed E-state index contributed by atoms with van der Waals surface area (Å²) in [6.07, 6.45) is -1.01. The molecule has 0 radical (unpaired) electrons. The van der Waals surface area contributed by atoms with Crippen LogP contribution < -0.4 is 14.8 Å². The second-order valence-corrected chi connectivity index (χ2v) is 7.62. The molecule has 7 heteroatoms. The van der Waals surface area contributed by atoms with E-state index in [-0.39, 0.29) is 12.4 Å². The number of hydrogen-bond acceptors (Lipinski definition) is 6. The van der Waals surface area contributed by atoms with Gasteiger partial charge in [0.15, 0.2) is 6.10 Å². The maximum atomic E-state index is 12.9. The van der Waals surface area contributed by atoms with Crippen molar-refractivity contribution in [1.29, 1.82) is 0 Å². The lowest BCUT2D eigenvalue weighted by Gasteiger charge is -2.13. The van der Waals surface area contributed by atoms with E-state index in [1.165, 1.54) is 6.92 Å². The predicted octanol–water partition coefficient (Wildman–Crippen LogP) is 4.88. The topological polar surface area (TPSA) is 87.0 Å². The first-order valence-electron chi connectivity index (χ1n) is 10.8. The number of esters is 1. The van der Waals surface area contributed by atoms with Crippen molar-refractivity contribution in [3.63, 3.8) is 0 Å². The van der Waals surface area contributed by atoms with Gasteiger partial charge in [0, 0.05) is 11.9 Å². The van der Waals surface area contributed by atoms with E-state index >= 15 is 0 Å². The summed E-state index contributed by atoms with van der Waals surface area (Å²) in [6, 6.07) is 23.9. The van der Waals surface area contributed by atoms with Crippen LogP contribution in [0.25, 0.3) is 11.0 Å². The third-order valence-corrected chi connectivity index (χ3v) is 5.29. The molecule has 0 bridgehead atoms. The molecular weight excluding hydrogens is 434 g/mol. The molecule has 4 rings (SSSR count). The maximum absolute atomic E-state index is 12.9. The van der Waals surface area contributed by atoms with Gasteiger partial charge < -0.3 is 23.9 Å². The quantitative estimate of drug-likeness (QED) is 0.359. The second-order valence-electron chi connectivity index (χ2n) is 7.62. The SMILES string of the molecule is COc1ccc(CNC(=O)[C@H](C)OC(=O)c2oc3ccccc3c2COc2ccccc2)cc1. The van der Waals surface area contributed by atoms with E-state index in [1.807, 2.05) is 72.8 Å². The van der Waals surface area contributed by atoms with Crippen molar-refractivity contribution in [2.75, 3.05) is 7.11 Å². The van der Waals surface area contributed by atoms with Crippen LogP contribution in [0.2, 0.25) is 0 Å². The van der Waals surface area contributed by atoms with Gasteiger partial charge in [-0.05, 0) is 42.8 Å². The van der Waals surface area contributed by atoms with Crippen molar-refractivity contribution in [2.45, 2.75) is 26.2 Å². The van der Waals surface area contributed by atoms with Gasteiger partial charge in [-0.2, -0.15) is 0 Å². The third-order valence-electron chi connectivity index (χ3n) is 5.29. The van der Waals surface area contributed by atoms with Crippen molar-refractivity contribution in [2.24, 2.45) is 0 Å². The van der Waals surface area contributed by atoms with Crippen molar-refractivity contribution in [3.8, 4) is 11.5 Å². The number of benzene rings is 3. The number of carbonyl (C=O) groups excluding carboxylic acids is 2. The van der Waals surface area contributed by atoms with E-state index in [0.29, 0.717) is 23.4 Å². The largest absolute Gasteiger partial charge is 0.497 e. The van der Waals surface area contributed by atoms with Gasteiger partial charge in [0.2, 0.25) is 5.76 Å². The summed E-state index contributed by atoms with van der Waals surface area (Å²) in [7, 11) is 1.59. The first-order chi connectivity index (χ1) is 16.5. The zero-order valence-corrected chi connectivity index (χ0v) is 18.9. The van der Waals surface area contributed by atoms with E-state index in [1.54, 1.807) is 13.2 Å². The van der Waals surface area contributed by atoms with Crippen molar-refractivity contribution in [1.82, 2.24) is 5.32 Å². The lowest BCUT2D eigenvalue weighted by Crippen LogP contribution is -2.35. The molecule has 34 heavy (non-hydrogen) atoms. The zero-order chi connectivity index (χ0) is 23.9. The van der Waals surface area contributed by atoms with Gasteiger partial charge >= 0.3 is 5.97 Å². The Bertz CT molecular complexity index is 1260. The monoisotopic (exact) mass is 459 g/mol. The standard InChI is InChI=1S/C27H25NO6/c1-18(26(29)28-16-19-12-14-20(31-2)15-13-19)33-27(30)25-23(17-32-21-8-4-3-5-9-21)22-10-6-7-11-24(22)34-25/h3-15,18H,16-17H2,1-2H3,(H,28,29)/t18-/m0/s1. The summed E-state index contributed by atoms with van der Waals surface area (Å²) in [5.41, 5.74) is 2.00. The van der Waals surface area contributed by atoms with E-state index in [9.17, 15) is 9.59 Å². The number of rotatable bonds is 9. The molecule has 0 spiro atoms. The molecule has 1 N–H and O–H groups in total. The first-order valence-corrected chi connectivity index (χ1v) is 10.8. The van der Waals surface area contributed by atoms with Crippen LogP contribution in [0, 0.1) is 0 Å². The lowest BCUT2D eigenvalue weighted by molar-refractivity contribution is -0.129. The molecule has 0 aliphatic rings. The molecule has 174 valence electrons. The van der Waals surface area contributed by atoms with Crippen LogP contribution in [0.15, 0.2) is 83.3 Å². The summed E-state index contributed by atoms with van der Waals surface area (Å²) in [6.45, 7) is 1.93. The highest BCUT2D eigenvalue weighted by molar-refractivity contribution is 5.97. The number of amides is 1. The average Bonchev–Trinajstić information content (AvgIpc) is 3.25. The molecule has 1 heterocycles. The van der Waals surface area contributed by atoms with E-state index in [2.05, 4.69) is 5.32 Å². The molecule has 0 unspecified atom stereocenters. The Labute approximate surface area is 197 Å². The van der Waals surface area contributed by atoms with Gasteiger partial charge in [-0.15, -0.1) is 0 Å². The highest BCUT2D eigenvalue weighted by atomic mass is 16.6. The van der Waals surface area contributed by atoms with E-state index < -0.39 is 18.0 Å². The Morgan fingerprint density at radius 3 is 2.35 bits per heavy atom. The average molecular weight is 459 g/mol. The van der Waals surface area contributed by atoms with Gasteiger partial charge in [0.25, 0.3) is 5.91 Å². The van der Waals surface area contributed by atoms with E-state index in [4.69, 9.17) is 18.6 Å². The smallest absolute Gasteiger partial charge is 0.375 e. The molecule has 3 aromatic carbocycles. The van der Waals surface area contributed by atoms with Crippen LogP contribution in [0.1, 0.15) is 28.6 Å². The van der Waals surface area contributed by atoms with E-state index in [0.717, 1.165) is 16.7 Å². The lowest BCUT2D eigenvalue weighted by atomic mass is 10.1. The number of carbonyl (C=O) groups is 2. The molecule has 0 aliphatic carbocycles. The highest BCUT2D eigenvalue weighted by Crippen LogP contribution is 2.28. The predicted molar refractivity (Wildman–Crippen MR) is 127 cm³/mol. The molecule has 1 aromatic heterocycles. The minimum absolute atomic E-state index is 0.0203. The third kappa shape index (κ3) is 5.38. The van der Waals surface area contributed by atoms with Gasteiger partial charge in [-0.3, -0.25) is 4.79 Å². The fourth-order valence-electron chi connectivity index (χ4n) is 3.42. The number of ether oxygens (including phenoxy) is 3. The molecule has 0 saturated carbocycles. The summed E-state index contributed by atoms with van der Waals surface area (Å²) < 4.78 is 22.2. The first kappa shape index (κ1) is 22.9. The summed E-state index contributed by atoms with van der Waals surface area (Å²) in [4.78, 5) is 25.4. The molecule has 0 fully saturated rings. The second kappa shape index (κ2) is 10.6. The summed E-state index contributed by atoms with van der Waals surface area (Å²) in [5, 5.41) is 3.52. The highest BCUT2D eigenvalue weighted by Gasteiger charge is 2.26. The van der Waals surface area contributed by atoms with Gasteiger partial charge in [-0.25, -0.2) is 4.79 Å². The molecule has 1 amide bonds. The van der Waals surface area contributed by atoms with Crippen LogP contribution >= 0.6 is 0 Å². The van der Waals surface area contributed by atoms with Crippen molar-refractivity contribution >= 4 is 22.8 Å². The van der Waals surface area contributed by atoms with Crippen LogP contribution in [-0.2, 0) is 22.7 Å². The Hall–Kier alpha value is -4.26. The minimum atomic E-state index is -1.01. The number of furan rings is 1. The normalized spacial score (nSPS) is 11.6. The van der Waals surface area contributed by atoms with Crippen LogP contribution in [0.5, 0.6) is 11.5 Å². The van der Waals surface area contributed by atoms with Crippen LogP contribution in [0.4, 0.5) is 0 Å².